The lowest BCUT2D eigenvalue weighted by molar-refractivity contribution is -0.111. The fourth-order valence-corrected chi connectivity index (χ4v) is 1.81. The number of hydrogen-bond donors (Lipinski definition) is 1. The Kier molecular flexibility index (Phi) is 4.35. The van der Waals surface area contributed by atoms with Crippen LogP contribution in [0.25, 0.3) is 6.08 Å². The molecule has 4 heteroatoms. The zero-order valence-corrected chi connectivity index (χ0v) is 12.0. The summed E-state index contributed by atoms with van der Waals surface area (Å²) in [6, 6.07) is 9.95. The van der Waals surface area contributed by atoms with Gasteiger partial charge in [0.15, 0.2) is 5.82 Å². The Hall–Kier alpha value is -2.36. The maximum absolute atomic E-state index is 11.7. The molecule has 1 N–H and O–H groups in total. The first kappa shape index (κ1) is 14.1. The van der Waals surface area contributed by atoms with Crippen molar-refractivity contribution < 1.29 is 4.79 Å². The summed E-state index contributed by atoms with van der Waals surface area (Å²) < 4.78 is 1.64. The Morgan fingerprint density at radius 2 is 1.95 bits per heavy atom. The second kappa shape index (κ2) is 6.19. The summed E-state index contributed by atoms with van der Waals surface area (Å²) in [5.41, 5.74) is 2.30. The average molecular weight is 269 g/mol. The molecule has 4 nitrogen and oxygen atoms in total. The smallest absolute Gasteiger partial charge is 0.249 e. The molecule has 0 radical (unpaired) electrons. The summed E-state index contributed by atoms with van der Waals surface area (Å²) in [7, 11) is 1.81. The van der Waals surface area contributed by atoms with Gasteiger partial charge in [0.25, 0.3) is 0 Å². The Balaban J connectivity index is 1.96. The van der Waals surface area contributed by atoms with Crippen LogP contribution in [0.15, 0.2) is 42.6 Å². The quantitative estimate of drug-likeness (QED) is 0.866. The van der Waals surface area contributed by atoms with Crippen molar-refractivity contribution in [1.82, 2.24) is 9.78 Å². The number of aromatic nitrogens is 2. The van der Waals surface area contributed by atoms with Crippen LogP contribution in [0, 0.1) is 0 Å². The topological polar surface area (TPSA) is 46.9 Å². The van der Waals surface area contributed by atoms with E-state index in [1.807, 2.05) is 19.2 Å². The average Bonchev–Trinajstić information content (AvgIpc) is 2.82. The lowest BCUT2D eigenvalue weighted by Gasteiger charge is -2.04. The third kappa shape index (κ3) is 3.82. The zero-order valence-electron chi connectivity index (χ0n) is 12.0. The van der Waals surface area contributed by atoms with E-state index in [-0.39, 0.29) is 5.91 Å². The van der Waals surface area contributed by atoms with Gasteiger partial charge in [-0.1, -0.05) is 38.1 Å². The van der Waals surface area contributed by atoms with Crippen molar-refractivity contribution >= 4 is 17.8 Å². The van der Waals surface area contributed by atoms with Gasteiger partial charge in [-0.05, 0) is 23.1 Å². The number of hydrogen-bond acceptors (Lipinski definition) is 2. The number of carbonyl (C=O) groups excluding carboxylic acids is 1. The third-order valence-corrected chi connectivity index (χ3v) is 3.00. The molecule has 0 spiro atoms. The molecule has 0 aliphatic rings. The molecule has 0 bridgehead atoms. The second-order valence-electron chi connectivity index (χ2n) is 5.02. The molecule has 1 aromatic heterocycles. The van der Waals surface area contributed by atoms with E-state index >= 15 is 0 Å². The standard InChI is InChI=1S/C16H19N3O/c1-12(2)14-7-4-13(5-8-14)6-9-16(20)17-15-10-11-19(3)18-15/h4-12H,1-3H3,(H,17,18,20)/b9-6+. The molecule has 0 aliphatic carbocycles. The van der Waals surface area contributed by atoms with Crippen molar-refractivity contribution in [2.45, 2.75) is 19.8 Å². The molecular weight excluding hydrogens is 250 g/mol. The van der Waals surface area contributed by atoms with Gasteiger partial charge < -0.3 is 5.32 Å². The van der Waals surface area contributed by atoms with Gasteiger partial charge in [-0.25, -0.2) is 0 Å². The molecule has 0 saturated carbocycles. The number of anilines is 1. The van der Waals surface area contributed by atoms with Crippen LogP contribution in [-0.4, -0.2) is 15.7 Å². The molecule has 0 atom stereocenters. The minimum absolute atomic E-state index is 0.184. The van der Waals surface area contributed by atoms with E-state index in [0.717, 1.165) is 5.56 Å². The zero-order chi connectivity index (χ0) is 14.5. The van der Waals surface area contributed by atoms with E-state index in [4.69, 9.17) is 0 Å². The Morgan fingerprint density at radius 3 is 2.50 bits per heavy atom. The summed E-state index contributed by atoms with van der Waals surface area (Å²) >= 11 is 0. The highest BCUT2D eigenvalue weighted by Crippen LogP contribution is 2.15. The van der Waals surface area contributed by atoms with E-state index in [9.17, 15) is 4.79 Å². The normalized spacial score (nSPS) is 11.2. The number of nitrogens with zero attached hydrogens (tertiary/aromatic N) is 2. The van der Waals surface area contributed by atoms with Crippen LogP contribution >= 0.6 is 0 Å². The van der Waals surface area contributed by atoms with E-state index in [0.29, 0.717) is 11.7 Å². The summed E-state index contributed by atoms with van der Waals surface area (Å²) in [5, 5.41) is 6.79. The monoisotopic (exact) mass is 269 g/mol. The molecule has 0 unspecified atom stereocenters. The molecule has 0 saturated heterocycles. The first-order valence-electron chi connectivity index (χ1n) is 6.63. The number of nitrogens with one attached hydrogen (secondary N) is 1. The van der Waals surface area contributed by atoms with Crippen molar-refractivity contribution in [3.05, 3.63) is 53.7 Å². The minimum atomic E-state index is -0.184. The first-order chi connectivity index (χ1) is 9.54. The molecule has 1 aromatic carbocycles. The van der Waals surface area contributed by atoms with E-state index in [2.05, 4.69) is 36.4 Å². The number of aryl methyl sites for hydroxylation is 1. The second-order valence-corrected chi connectivity index (χ2v) is 5.02. The molecular formula is C16H19N3O. The molecule has 2 rings (SSSR count). The van der Waals surface area contributed by atoms with Gasteiger partial charge in [-0.3, -0.25) is 9.48 Å². The summed E-state index contributed by atoms with van der Waals surface area (Å²) in [4.78, 5) is 11.7. The number of amides is 1. The predicted octanol–water partition coefficient (Wildman–Crippen LogP) is 3.20. The number of benzene rings is 1. The van der Waals surface area contributed by atoms with Gasteiger partial charge in [0.05, 0.1) is 0 Å². The maximum atomic E-state index is 11.7. The van der Waals surface area contributed by atoms with Crippen LogP contribution in [0.3, 0.4) is 0 Å². The Morgan fingerprint density at radius 1 is 1.25 bits per heavy atom. The molecule has 104 valence electrons. The fraction of sp³-hybridized carbons (Fsp3) is 0.250. The third-order valence-electron chi connectivity index (χ3n) is 3.00. The summed E-state index contributed by atoms with van der Waals surface area (Å²) in [6.07, 6.45) is 5.09. The van der Waals surface area contributed by atoms with Crippen LogP contribution < -0.4 is 5.32 Å². The van der Waals surface area contributed by atoms with Crippen molar-refractivity contribution in [2.24, 2.45) is 7.05 Å². The highest BCUT2D eigenvalue weighted by atomic mass is 16.1. The van der Waals surface area contributed by atoms with Crippen LogP contribution in [0.2, 0.25) is 0 Å². The van der Waals surface area contributed by atoms with Gasteiger partial charge >= 0.3 is 0 Å². The lowest BCUT2D eigenvalue weighted by atomic mass is 10.0. The minimum Gasteiger partial charge on any atom is -0.306 e. The van der Waals surface area contributed by atoms with E-state index in [1.54, 1.807) is 23.0 Å². The van der Waals surface area contributed by atoms with Crippen molar-refractivity contribution in [1.29, 1.82) is 0 Å². The van der Waals surface area contributed by atoms with E-state index < -0.39 is 0 Å². The highest BCUT2D eigenvalue weighted by molar-refractivity contribution is 6.01. The van der Waals surface area contributed by atoms with Gasteiger partial charge in [0, 0.05) is 25.4 Å². The predicted molar refractivity (Wildman–Crippen MR) is 81.4 cm³/mol. The van der Waals surface area contributed by atoms with Gasteiger partial charge in [-0.15, -0.1) is 0 Å². The summed E-state index contributed by atoms with van der Waals surface area (Å²) in [5.74, 6) is 0.884. The van der Waals surface area contributed by atoms with Gasteiger partial charge in [-0.2, -0.15) is 5.10 Å². The molecule has 1 heterocycles. The van der Waals surface area contributed by atoms with Crippen LogP contribution in [0.1, 0.15) is 30.9 Å². The fourth-order valence-electron chi connectivity index (χ4n) is 1.81. The van der Waals surface area contributed by atoms with Crippen LogP contribution in [0.5, 0.6) is 0 Å². The molecule has 1 amide bonds. The molecule has 20 heavy (non-hydrogen) atoms. The van der Waals surface area contributed by atoms with Crippen molar-refractivity contribution in [3.8, 4) is 0 Å². The first-order valence-corrected chi connectivity index (χ1v) is 6.63. The number of carbonyl (C=O) groups is 1. The molecule has 0 aliphatic heterocycles. The van der Waals surface area contributed by atoms with Gasteiger partial charge in [0.2, 0.25) is 5.91 Å². The molecule has 2 aromatic rings. The Bertz CT molecular complexity index is 609. The summed E-state index contributed by atoms with van der Waals surface area (Å²) in [6.45, 7) is 4.32. The van der Waals surface area contributed by atoms with Crippen LogP contribution in [-0.2, 0) is 11.8 Å². The largest absolute Gasteiger partial charge is 0.306 e. The van der Waals surface area contributed by atoms with Crippen molar-refractivity contribution in [2.75, 3.05) is 5.32 Å². The van der Waals surface area contributed by atoms with Gasteiger partial charge in [0.1, 0.15) is 0 Å². The van der Waals surface area contributed by atoms with Crippen LogP contribution in [0.4, 0.5) is 5.82 Å². The SMILES string of the molecule is CC(C)c1ccc(/C=C/C(=O)Nc2ccn(C)n2)cc1. The van der Waals surface area contributed by atoms with E-state index in [1.165, 1.54) is 11.6 Å². The Labute approximate surface area is 119 Å². The maximum Gasteiger partial charge on any atom is 0.249 e. The molecule has 0 fully saturated rings. The highest BCUT2D eigenvalue weighted by Gasteiger charge is 2.01. The lowest BCUT2D eigenvalue weighted by Crippen LogP contribution is -2.08. The number of rotatable bonds is 4. The van der Waals surface area contributed by atoms with Crippen molar-refractivity contribution in [3.63, 3.8) is 0 Å².